The second-order valence-electron chi connectivity index (χ2n) is 13.4. The number of rotatable bonds is 10. The van der Waals surface area contributed by atoms with Gasteiger partial charge in [0.15, 0.2) is 8.32 Å². The molecule has 0 unspecified atom stereocenters. The Kier molecular flexibility index (Phi) is 9.32. The molecule has 2 atom stereocenters. The van der Waals surface area contributed by atoms with E-state index in [2.05, 4.69) is 140 Å². The average molecular weight is 535 g/mol. The Bertz CT molecular complexity index is 992. The first kappa shape index (κ1) is 29.8. The normalized spacial score (nSPS) is 21.1. The Morgan fingerprint density at radius 2 is 1.43 bits per heavy atom. The van der Waals surface area contributed by atoms with Crippen molar-refractivity contribution in [2.45, 2.75) is 96.5 Å². The minimum absolute atomic E-state index is 0.00484. The van der Waals surface area contributed by atoms with Crippen molar-refractivity contribution in [3.63, 3.8) is 0 Å². The van der Waals surface area contributed by atoms with Crippen LogP contribution in [0.25, 0.3) is 0 Å². The SMILES string of the molecule is C=C[C@]1(CCCO[Si](c2ccccc2)(c2ccccc2)C(C)(C)C)C=C[C@@H](O[Si](C)(C)C(C)(C)C)CC1. The fourth-order valence-electron chi connectivity index (χ4n) is 5.41. The van der Waals surface area contributed by atoms with Crippen LogP contribution in [0, 0.1) is 5.41 Å². The number of hydrogen-bond acceptors (Lipinski definition) is 2. The molecular formula is C33H50O2Si2. The highest BCUT2D eigenvalue weighted by molar-refractivity contribution is 6.99. The highest BCUT2D eigenvalue weighted by Gasteiger charge is 2.50. The highest BCUT2D eigenvalue weighted by Crippen LogP contribution is 2.42. The summed E-state index contributed by atoms with van der Waals surface area (Å²) < 4.78 is 13.8. The first-order chi connectivity index (χ1) is 17.3. The first-order valence-corrected chi connectivity index (χ1v) is 18.8. The Labute approximate surface area is 229 Å². The zero-order chi connectivity index (χ0) is 27.4. The van der Waals surface area contributed by atoms with Gasteiger partial charge in [-0.3, -0.25) is 0 Å². The van der Waals surface area contributed by atoms with E-state index in [9.17, 15) is 0 Å². The fourth-order valence-corrected chi connectivity index (χ4v) is 11.3. The molecule has 0 fully saturated rings. The molecule has 0 saturated heterocycles. The summed E-state index contributed by atoms with van der Waals surface area (Å²) in [5.74, 6) is 0. The van der Waals surface area contributed by atoms with Crippen molar-refractivity contribution in [2.24, 2.45) is 5.41 Å². The lowest BCUT2D eigenvalue weighted by atomic mass is 9.75. The molecule has 37 heavy (non-hydrogen) atoms. The maximum atomic E-state index is 7.13. The van der Waals surface area contributed by atoms with Gasteiger partial charge in [0.2, 0.25) is 0 Å². The summed E-state index contributed by atoms with van der Waals surface area (Å²) in [6.45, 7) is 23.6. The van der Waals surface area contributed by atoms with Crippen LogP contribution in [0.3, 0.4) is 0 Å². The fraction of sp³-hybridized carbons (Fsp3) is 0.515. The minimum Gasteiger partial charge on any atom is -0.411 e. The van der Waals surface area contributed by atoms with Crippen molar-refractivity contribution in [1.29, 1.82) is 0 Å². The van der Waals surface area contributed by atoms with E-state index in [1.807, 2.05) is 0 Å². The van der Waals surface area contributed by atoms with Crippen LogP contribution in [0.2, 0.25) is 23.2 Å². The molecule has 0 amide bonds. The van der Waals surface area contributed by atoms with Crippen LogP contribution < -0.4 is 10.4 Å². The average Bonchev–Trinajstić information content (AvgIpc) is 2.85. The second-order valence-corrected chi connectivity index (χ2v) is 22.4. The van der Waals surface area contributed by atoms with Gasteiger partial charge in [-0.2, -0.15) is 0 Å². The predicted molar refractivity (Wildman–Crippen MR) is 166 cm³/mol. The molecule has 2 aromatic rings. The van der Waals surface area contributed by atoms with Crippen LogP contribution >= 0.6 is 0 Å². The van der Waals surface area contributed by atoms with Gasteiger partial charge in [-0.05, 0) is 59.2 Å². The third kappa shape index (κ3) is 6.65. The van der Waals surface area contributed by atoms with E-state index in [-0.39, 0.29) is 21.6 Å². The number of benzene rings is 2. The van der Waals surface area contributed by atoms with Crippen molar-refractivity contribution in [3.8, 4) is 0 Å². The maximum absolute atomic E-state index is 7.13. The van der Waals surface area contributed by atoms with Gasteiger partial charge in [0.25, 0.3) is 8.32 Å². The first-order valence-electron chi connectivity index (χ1n) is 14.0. The van der Waals surface area contributed by atoms with Crippen molar-refractivity contribution >= 4 is 27.0 Å². The quantitative estimate of drug-likeness (QED) is 0.173. The van der Waals surface area contributed by atoms with E-state index in [1.165, 1.54) is 10.4 Å². The van der Waals surface area contributed by atoms with Crippen molar-refractivity contribution in [2.75, 3.05) is 6.61 Å². The molecular weight excluding hydrogens is 485 g/mol. The summed E-state index contributed by atoms with van der Waals surface area (Å²) in [5, 5.41) is 2.92. The van der Waals surface area contributed by atoms with Crippen LogP contribution in [0.4, 0.5) is 0 Å². The third-order valence-electron chi connectivity index (χ3n) is 8.72. The molecule has 1 aliphatic rings. The number of allylic oxidation sites excluding steroid dienone is 2. The molecule has 2 nitrogen and oxygen atoms in total. The Hall–Kier alpha value is -1.73. The van der Waals surface area contributed by atoms with Gasteiger partial charge in [0.1, 0.15) is 0 Å². The van der Waals surface area contributed by atoms with Crippen molar-refractivity contribution in [1.82, 2.24) is 0 Å². The van der Waals surface area contributed by atoms with E-state index in [0.29, 0.717) is 0 Å². The molecule has 0 aliphatic heterocycles. The van der Waals surface area contributed by atoms with Gasteiger partial charge in [-0.1, -0.05) is 120 Å². The lowest BCUT2D eigenvalue weighted by Gasteiger charge is -2.43. The topological polar surface area (TPSA) is 18.5 Å². The lowest BCUT2D eigenvalue weighted by molar-refractivity contribution is 0.180. The third-order valence-corrected chi connectivity index (χ3v) is 18.3. The largest absolute Gasteiger partial charge is 0.411 e. The van der Waals surface area contributed by atoms with Crippen LogP contribution in [0.15, 0.2) is 85.5 Å². The molecule has 0 spiro atoms. The van der Waals surface area contributed by atoms with E-state index < -0.39 is 16.6 Å². The summed E-state index contributed by atoms with van der Waals surface area (Å²) >= 11 is 0. The minimum atomic E-state index is -2.49. The van der Waals surface area contributed by atoms with Gasteiger partial charge >= 0.3 is 0 Å². The molecule has 0 bridgehead atoms. The summed E-state index contributed by atoms with van der Waals surface area (Å²) in [5.41, 5.74) is 0.0299. The maximum Gasteiger partial charge on any atom is 0.261 e. The summed E-state index contributed by atoms with van der Waals surface area (Å²) in [6.07, 6.45) is 11.3. The van der Waals surface area contributed by atoms with Crippen molar-refractivity contribution in [3.05, 3.63) is 85.5 Å². The molecule has 4 heteroatoms. The molecule has 0 saturated carbocycles. The van der Waals surface area contributed by atoms with Crippen LogP contribution in [0.5, 0.6) is 0 Å². The number of hydrogen-bond donors (Lipinski definition) is 0. The Morgan fingerprint density at radius 3 is 1.84 bits per heavy atom. The van der Waals surface area contributed by atoms with E-state index in [0.717, 1.165) is 32.3 Å². The van der Waals surface area contributed by atoms with Gasteiger partial charge in [0, 0.05) is 12.0 Å². The highest BCUT2D eigenvalue weighted by atomic mass is 28.4. The molecule has 2 aromatic carbocycles. The van der Waals surface area contributed by atoms with Crippen LogP contribution in [-0.4, -0.2) is 29.3 Å². The zero-order valence-electron chi connectivity index (χ0n) is 24.6. The monoisotopic (exact) mass is 534 g/mol. The Balaban J connectivity index is 1.74. The van der Waals surface area contributed by atoms with Gasteiger partial charge < -0.3 is 8.85 Å². The van der Waals surface area contributed by atoms with Crippen molar-refractivity contribution < 1.29 is 8.85 Å². The molecule has 0 N–H and O–H groups in total. The molecule has 3 rings (SSSR count). The standard InChI is InChI=1S/C33H50O2Si2/c1-10-33(25-22-28(23-26-33)35-36(8,9)31(2,3)4)24-17-27-34-37(32(5,6)7,29-18-13-11-14-19-29)30-20-15-12-16-21-30/h10-16,18-22,25,28H,1,17,23-24,26-27H2,2-9H3/t28-,33+/m1/s1. The van der Waals surface area contributed by atoms with E-state index >= 15 is 0 Å². The molecule has 1 aliphatic carbocycles. The molecule has 0 heterocycles. The summed E-state index contributed by atoms with van der Waals surface area (Å²) in [4.78, 5) is 0. The van der Waals surface area contributed by atoms with Crippen LogP contribution in [-0.2, 0) is 8.85 Å². The lowest BCUT2D eigenvalue weighted by Crippen LogP contribution is -2.66. The molecule has 0 aromatic heterocycles. The molecule has 202 valence electrons. The van der Waals surface area contributed by atoms with Gasteiger partial charge in [-0.25, -0.2) is 0 Å². The smallest absolute Gasteiger partial charge is 0.261 e. The molecule has 0 radical (unpaired) electrons. The van der Waals surface area contributed by atoms with E-state index in [1.54, 1.807) is 0 Å². The predicted octanol–water partition coefficient (Wildman–Crippen LogP) is 8.26. The van der Waals surface area contributed by atoms with Crippen LogP contribution in [0.1, 0.15) is 67.2 Å². The van der Waals surface area contributed by atoms with Gasteiger partial charge in [0.05, 0.1) is 6.10 Å². The van der Waals surface area contributed by atoms with E-state index in [4.69, 9.17) is 8.85 Å². The van der Waals surface area contributed by atoms with Gasteiger partial charge in [-0.15, -0.1) is 6.58 Å². The summed E-state index contributed by atoms with van der Waals surface area (Å²) in [7, 11) is -4.26. The second kappa shape index (κ2) is 11.6. The summed E-state index contributed by atoms with van der Waals surface area (Å²) in [6, 6.07) is 21.9. The zero-order valence-corrected chi connectivity index (χ0v) is 26.6. The Morgan fingerprint density at radius 1 is 0.892 bits per heavy atom.